The molecule has 0 saturated carbocycles. The zero-order valence-corrected chi connectivity index (χ0v) is 34.6. The van der Waals surface area contributed by atoms with Crippen molar-refractivity contribution >= 4 is 70.0 Å². The predicted octanol–water partition coefficient (Wildman–Crippen LogP) is 6.85. The number of anilines is 4. The molecule has 7 aromatic rings. The quantitative estimate of drug-likeness (QED) is 0.0604. The first-order valence-corrected chi connectivity index (χ1v) is 20.1. The van der Waals surface area contributed by atoms with Gasteiger partial charge in [0, 0.05) is 67.3 Å². The van der Waals surface area contributed by atoms with Crippen molar-refractivity contribution in [1.82, 2.24) is 21.7 Å². The Balaban J connectivity index is 1.02. The number of carbonyl (C=O) groups excluding carboxylic acids is 8. The van der Waals surface area contributed by atoms with Gasteiger partial charge in [-0.15, -0.1) is 0 Å². The van der Waals surface area contributed by atoms with Crippen molar-refractivity contribution < 1.29 is 38.4 Å². The van der Waals surface area contributed by atoms with Crippen LogP contribution in [0.1, 0.15) is 82.9 Å². The molecule has 0 heterocycles. The lowest BCUT2D eigenvalue weighted by Gasteiger charge is -2.13. The summed E-state index contributed by atoms with van der Waals surface area (Å²) >= 11 is 0. The molecule has 0 aromatic heterocycles. The Kier molecular flexibility index (Phi) is 14.1. The van der Waals surface area contributed by atoms with Gasteiger partial charge in [-0.3, -0.25) is 60.1 Å². The fraction of sp³-hybridized carbons (Fsp3) is 0. The van der Waals surface area contributed by atoms with Crippen molar-refractivity contribution in [2.24, 2.45) is 0 Å². The maximum atomic E-state index is 13.4. The summed E-state index contributed by atoms with van der Waals surface area (Å²) in [7, 11) is 0. The Labute approximate surface area is 376 Å². The summed E-state index contributed by atoms with van der Waals surface area (Å²) in [6.45, 7) is 0. The number of carbonyl (C=O) groups is 8. The molecular formula is C50H38N8O8. The molecule has 7 aromatic carbocycles. The van der Waals surface area contributed by atoms with Crippen LogP contribution in [0.3, 0.4) is 0 Å². The molecule has 66 heavy (non-hydrogen) atoms. The number of hydrogen-bond donors (Lipinski definition) is 8. The van der Waals surface area contributed by atoms with Crippen LogP contribution in [0.4, 0.5) is 22.7 Å². The molecule has 16 nitrogen and oxygen atoms in total. The largest absolute Gasteiger partial charge is 0.322 e. The standard InChI is InChI=1S/C50H38N8O8/c59-43(51-39-16-5-1-6-17-39)33-25-34(44(60)52-40-18-7-2-8-19-40)28-37(27-33)49(65)57-55-47(63)31-14-13-15-32(24-31)48(64)56-58-50(66)38-29-35(45(61)53-41-20-9-3-10-21-41)26-36(30-38)46(62)54-42-22-11-4-12-23-42/h1-30H,(H,51,59)(H,52,60)(H,53,61)(H,54,62)(H,55,63)(H,56,64)(H,57,65)(H,58,66). The molecule has 0 atom stereocenters. The molecule has 0 aliphatic rings. The highest BCUT2D eigenvalue weighted by Crippen LogP contribution is 2.19. The van der Waals surface area contributed by atoms with Crippen LogP contribution in [-0.2, 0) is 0 Å². The van der Waals surface area contributed by atoms with E-state index in [-0.39, 0.29) is 44.5 Å². The van der Waals surface area contributed by atoms with E-state index in [1.807, 2.05) is 0 Å². The molecule has 0 saturated heterocycles. The summed E-state index contributed by atoms with van der Waals surface area (Å²) in [6.07, 6.45) is 0. The number of benzene rings is 7. The molecule has 0 aliphatic heterocycles. The SMILES string of the molecule is O=C(NNC(=O)c1cc(C(=O)Nc2ccccc2)cc(C(=O)Nc2ccccc2)c1)c1cccc(C(=O)NNC(=O)c2cc(C(=O)Nc3ccccc3)cc(C(=O)Nc3ccccc3)c2)c1. The van der Waals surface area contributed by atoms with Crippen LogP contribution in [0.25, 0.3) is 0 Å². The van der Waals surface area contributed by atoms with Crippen LogP contribution >= 0.6 is 0 Å². The minimum absolute atomic E-state index is 0.0166. The third kappa shape index (κ3) is 11.8. The van der Waals surface area contributed by atoms with E-state index in [2.05, 4.69) is 43.0 Å². The van der Waals surface area contributed by atoms with Crippen molar-refractivity contribution in [1.29, 1.82) is 0 Å². The molecule has 0 unspecified atom stereocenters. The minimum atomic E-state index is -0.870. The van der Waals surface area contributed by atoms with Gasteiger partial charge >= 0.3 is 0 Å². The van der Waals surface area contributed by atoms with Crippen LogP contribution in [-0.4, -0.2) is 47.3 Å². The maximum Gasteiger partial charge on any atom is 0.269 e. The lowest BCUT2D eigenvalue weighted by atomic mass is 10.0. The van der Waals surface area contributed by atoms with Crippen LogP contribution in [0, 0.1) is 0 Å². The second-order valence-electron chi connectivity index (χ2n) is 14.3. The lowest BCUT2D eigenvalue weighted by Crippen LogP contribution is -2.42. The average molecular weight is 879 g/mol. The first-order chi connectivity index (χ1) is 32.0. The van der Waals surface area contributed by atoms with Gasteiger partial charge in [-0.25, -0.2) is 0 Å². The van der Waals surface area contributed by atoms with E-state index in [1.165, 1.54) is 60.7 Å². The Morgan fingerprint density at radius 1 is 0.212 bits per heavy atom. The van der Waals surface area contributed by atoms with Gasteiger partial charge in [0.25, 0.3) is 47.3 Å². The van der Waals surface area contributed by atoms with Crippen molar-refractivity contribution in [3.05, 3.63) is 226 Å². The van der Waals surface area contributed by atoms with Gasteiger partial charge in [0.2, 0.25) is 0 Å². The zero-order chi connectivity index (χ0) is 46.4. The Morgan fingerprint density at radius 3 is 0.652 bits per heavy atom. The molecule has 0 aliphatic carbocycles. The molecule has 0 fully saturated rings. The fourth-order valence-corrected chi connectivity index (χ4v) is 6.26. The van der Waals surface area contributed by atoms with E-state index in [4.69, 9.17) is 0 Å². The topological polar surface area (TPSA) is 233 Å². The molecular weight excluding hydrogens is 841 g/mol. The van der Waals surface area contributed by atoms with E-state index < -0.39 is 47.3 Å². The number of para-hydroxylation sites is 4. The summed E-state index contributed by atoms with van der Waals surface area (Å²) in [6, 6.07) is 47.3. The van der Waals surface area contributed by atoms with E-state index in [0.29, 0.717) is 22.7 Å². The van der Waals surface area contributed by atoms with Gasteiger partial charge in [0.05, 0.1) is 0 Å². The van der Waals surface area contributed by atoms with Gasteiger partial charge in [-0.2, -0.15) is 0 Å². The first kappa shape index (κ1) is 44.4. The Hall–Kier alpha value is -9.70. The van der Waals surface area contributed by atoms with Crippen molar-refractivity contribution in [3.63, 3.8) is 0 Å². The van der Waals surface area contributed by atoms with Crippen LogP contribution in [0.2, 0.25) is 0 Å². The highest BCUT2D eigenvalue weighted by molar-refractivity contribution is 6.13. The second kappa shape index (κ2) is 20.9. The van der Waals surface area contributed by atoms with Crippen molar-refractivity contribution in [2.45, 2.75) is 0 Å². The predicted molar refractivity (Wildman–Crippen MR) is 247 cm³/mol. The molecule has 16 heteroatoms. The van der Waals surface area contributed by atoms with E-state index >= 15 is 0 Å². The summed E-state index contributed by atoms with van der Waals surface area (Å²) in [5.41, 5.74) is 10.5. The van der Waals surface area contributed by atoms with Gasteiger partial charge in [0.15, 0.2) is 0 Å². The molecule has 7 rings (SSSR count). The molecule has 0 radical (unpaired) electrons. The average Bonchev–Trinajstić information content (AvgIpc) is 3.35. The van der Waals surface area contributed by atoms with E-state index in [0.717, 1.165) is 0 Å². The summed E-state index contributed by atoms with van der Waals surface area (Å²) in [4.78, 5) is 106. The van der Waals surface area contributed by atoms with Crippen LogP contribution < -0.4 is 43.0 Å². The number of rotatable bonds is 12. The summed E-state index contributed by atoms with van der Waals surface area (Å²) in [5, 5.41) is 10.9. The molecule has 0 bridgehead atoms. The van der Waals surface area contributed by atoms with E-state index in [9.17, 15) is 38.4 Å². The van der Waals surface area contributed by atoms with Crippen LogP contribution in [0.15, 0.2) is 182 Å². The van der Waals surface area contributed by atoms with Crippen LogP contribution in [0.5, 0.6) is 0 Å². The van der Waals surface area contributed by atoms with Gasteiger partial charge < -0.3 is 21.3 Å². The minimum Gasteiger partial charge on any atom is -0.322 e. The molecule has 0 spiro atoms. The fourth-order valence-electron chi connectivity index (χ4n) is 6.26. The highest BCUT2D eigenvalue weighted by atomic mass is 16.2. The lowest BCUT2D eigenvalue weighted by molar-refractivity contribution is 0.0842. The number of amides is 8. The summed E-state index contributed by atoms with van der Waals surface area (Å²) in [5.74, 6) is -5.82. The van der Waals surface area contributed by atoms with Gasteiger partial charge in [-0.1, -0.05) is 78.9 Å². The van der Waals surface area contributed by atoms with Gasteiger partial charge in [-0.05, 0) is 103 Å². The Morgan fingerprint density at radius 2 is 0.409 bits per heavy atom. The molecule has 8 N–H and O–H groups in total. The summed E-state index contributed by atoms with van der Waals surface area (Å²) < 4.78 is 0. The highest BCUT2D eigenvalue weighted by Gasteiger charge is 2.21. The van der Waals surface area contributed by atoms with E-state index in [1.54, 1.807) is 121 Å². The monoisotopic (exact) mass is 878 g/mol. The van der Waals surface area contributed by atoms with Gasteiger partial charge in [0.1, 0.15) is 0 Å². The molecule has 326 valence electrons. The maximum absolute atomic E-state index is 13.4. The Bertz CT molecular complexity index is 2630. The second-order valence-corrected chi connectivity index (χ2v) is 14.3. The zero-order valence-electron chi connectivity index (χ0n) is 34.6. The van der Waals surface area contributed by atoms with Crippen molar-refractivity contribution in [3.8, 4) is 0 Å². The third-order valence-corrected chi connectivity index (χ3v) is 9.53. The number of hydrogen-bond acceptors (Lipinski definition) is 8. The van der Waals surface area contributed by atoms with Crippen molar-refractivity contribution in [2.75, 3.05) is 21.3 Å². The third-order valence-electron chi connectivity index (χ3n) is 9.53. The smallest absolute Gasteiger partial charge is 0.269 e. The molecule has 8 amide bonds. The number of nitrogens with one attached hydrogen (secondary N) is 8. The normalized spacial score (nSPS) is 10.3. The number of hydrazine groups is 2. The first-order valence-electron chi connectivity index (χ1n) is 20.1.